The number of allylic oxidation sites excluding steroid dienone is 4. The van der Waals surface area contributed by atoms with Crippen LogP contribution in [0.4, 0.5) is 0 Å². The Morgan fingerprint density at radius 2 is 1.78 bits per heavy atom. The van der Waals surface area contributed by atoms with E-state index in [0.717, 1.165) is 50.8 Å². The van der Waals surface area contributed by atoms with E-state index < -0.39 is 5.41 Å². The molecule has 8 heteroatoms. The number of ketones is 1. The van der Waals surface area contributed by atoms with Crippen LogP contribution in [0.25, 0.3) is 0 Å². The number of aliphatic hydroxyl groups is 2. The van der Waals surface area contributed by atoms with Crippen molar-refractivity contribution in [2.24, 2.45) is 44.8 Å². The Morgan fingerprint density at radius 3 is 2.46 bits per heavy atom. The maximum Gasteiger partial charge on any atom is 0.181 e. The first-order valence-corrected chi connectivity index (χ1v) is 15.6. The van der Waals surface area contributed by atoms with E-state index >= 15 is 0 Å². The number of nitriles is 1. The standard InChI is InChI=1S/C33H47N5O3/c1-28(2)10-12-33(27-35-37-38(36-27)14-15-39)13-11-32(7)25(21(33)18-28)22(40)16-24-30(5)17-20(19-34)26(41)29(3,4)23(30)8-9-31(24,32)6/h16,21,23,25,39,41H,8-15,17-18H2,1-7H3/t21-,23-,25-,30-,31+,32+,33-/m0/s1. The molecule has 6 rings (SSSR count). The first-order chi connectivity index (χ1) is 19.1. The molecular weight excluding hydrogens is 514 g/mol. The average molecular weight is 562 g/mol. The van der Waals surface area contributed by atoms with E-state index in [4.69, 9.17) is 5.10 Å². The molecule has 3 saturated carbocycles. The summed E-state index contributed by atoms with van der Waals surface area (Å²) in [6, 6.07) is 2.31. The summed E-state index contributed by atoms with van der Waals surface area (Å²) in [6.07, 6.45) is 9.14. The number of aromatic nitrogens is 4. The lowest BCUT2D eigenvalue weighted by Gasteiger charge is -2.69. The van der Waals surface area contributed by atoms with Gasteiger partial charge >= 0.3 is 0 Å². The minimum absolute atomic E-state index is 0.0403. The highest BCUT2D eigenvalue weighted by atomic mass is 16.3. The van der Waals surface area contributed by atoms with E-state index in [0.29, 0.717) is 18.5 Å². The fourth-order valence-electron chi connectivity index (χ4n) is 10.9. The van der Waals surface area contributed by atoms with Crippen molar-refractivity contribution in [3.63, 3.8) is 0 Å². The van der Waals surface area contributed by atoms with Gasteiger partial charge in [-0.2, -0.15) is 10.1 Å². The van der Waals surface area contributed by atoms with Gasteiger partial charge in [0, 0.05) is 16.7 Å². The highest BCUT2D eigenvalue weighted by Crippen LogP contribution is 2.75. The Bertz CT molecular complexity index is 1400. The third-order valence-electron chi connectivity index (χ3n) is 13.3. The second-order valence-electron chi connectivity index (χ2n) is 16.1. The van der Waals surface area contributed by atoms with Crippen molar-refractivity contribution in [3.05, 3.63) is 28.8 Å². The van der Waals surface area contributed by atoms with Crippen LogP contribution in [0.15, 0.2) is 23.0 Å². The summed E-state index contributed by atoms with van der Waals surface area (Å²) in [7, 11) is 0. The van der Waals surface area contributed by atoms with Crippen molar-refractivity contribution >= 4 is 5.78 Å². The molecule has 41 heavy (non-hydrogen) atoms. The first kappa shape index (κ1) is 28.6. The lowest BCUT2D eigenvalue weighted by molar-refractivity contribution is -0.161. The van der Waals surface area contributed by atoms with Gasteiger partial charge in [-0.15, -0.1) is 10.2 Å². The second kappa shape index (κ2) is 8.75. The average Bonchev–Trinajstić information content (AvgIpc) is 3.37. The number of carbonyl (C=O) groups is 1. The summed E-state index contributed by atoms with van der Waals surface area (Å²) in [5.74, 6) is 1.29. The molecule has 8 nitrogen and oxygen atoms in total. The van der Waals surface area contributed by atoms with Crippen LogP contribution in [-0.2, 0) is 16.8 Å². The van der Waals surface area contributed by atoms with Gasteiger partial charge in [0.05, 0.1) is 24.8 Å². The van der Waals surface area contributed by atoms with Gasteiger partial charge in [0.15, 0.2) is 11.6 Å². The molecule has 2 N–H and O–H groups in total. The Kier molecular flexibility index (Phi) is 6.10. The van der Waals surface area contributed by atoms with E-state index in [2.05, 4.69) is 64.8 Å². The maximum absolute atomic E-state index is 14.7. The van der Waals surface area contributed by atoms with E-state index in [1.165, 1.54) is 10.4 Å². The number of aliphatic hydroxyl groups excluding tert-OH is 2. The van der Waals surface area contributed by atoms with Crippen LogP contribution < -0.4 is 0 Å². The fourth-order valence-corrected chi connectivity index (χ4v) is 10.9. The molecule has 0 spiro atoms. The zero-order chi connectivity index (χ0) is 29.8. The van der Waals surface area contributed by atoms with E-state index in [1.807, 2.05) is 6.08 Å². The summed E-state index contributed by atoms with van der Waals surface area (Å²) in [5.41, 5.74) is 0.136. The van der Waals surface area contributed by atoms with E-state index in [9.17, 15) is 20.3 Å². The minimum atomic E-state index is -0.526. The maximum atomic E-state index is 14.7. The van der Waals surface area contributed by atoms with Crippen LogP contribution in [0.1, 0.15) is 106 Å². The summed E-state index contributed by atoms with van der Waals surface area (Å²) < 4.78 is 0. The van der Waals surface area contributed by atoms with Crippen LogP contribution >= 0.6 is 0 Å². The lowest BCUT2D eigenvalue weighted by Crippen LogP contribution is -2.65. The molecule has 0 unspecified atom stereocenters. The van der Waals surface area contributed by atoms with Gasteiger partial charge in [-0.3, -0.25) is 4.79 Å². The van der Waals surface area contributed by atoms with Gasteiger partial charge < -0.3 is 10.2 Å². The topological polar surface area (TPSA) is 125 Å². The van der Waals surface area contributed by atoms with Crippen molar-refractivity contribution in [1.82, 2.24) is 20.2 Å². The molecule has 0 saturated heterocycles. The molecule has 0 aromatic carbocycles. The quantitative estimate of drug-likeness (QED) is 0.475. The van der Waals surface area contributed by atoms with Gasteiger partial charge in [-0.1, -0.05) is 54.0 Å². The van der Waals surface area contributed by atoms with Crippen LogP contribution in [0, 0.1) is 56.2 Å². The molecule has 0 bridgehead atoms. The predicted octanol–water partition coefficient (Wildman–Crippen LogP) is 5.84. The Hall–Kier alpha value is -2.53. The van der Waals surface area contributed by atoms with Crippen LogP contribution in [0.2, 0.25) is 0 Å². The van der Waals surface area contributed by atoms with Gasteiger partial charge in [0.2, 0.25) is 0 Å². The largest absolute Gasteiger partial charge is 0.511 e. The van der Waals surface area contributed by atoms with Gasteiger partial charge in [-0.05, 0) is 96.2 Å². The fraction of sp³-hybridized carbons (Fsp3) is 0.788. The number of hydrogen-bond acceptors (Lipinski definition) is 7. The van der Waals surface area contributed by atoms with E-state index in [-0.39, 0.29) is 63.0 Å². The lowest BCUT2D eigenvalue weighted by atomic mass is 9.34. The molecule has 0 aliphatic heterocycles. The smallest absolute Gasteiger partial charge is 0.181 e. The normalized spacial score (nSPS) is 42.8. The summed E-state index contributed by atoms with van der Waals surface area (Å²) in [4.78, 5) is 16.2. The van der Waals surface area contributed by atoms with Crippen molar-refractivity contribution in [3.8, 4) is 6.07 Å². The number of hydrogen-bond donors (Lipinski definition) is 2. The molecule has 1 heterocycles. The highest BCUT2D eigenvalue weighted by Gasteiger charge is 2.70. The molecular formula is C33H47N5O3. The van der Waals surface area contributed by atoms with Crippen molar-refractivity contribution in [2.45, 2.75) is 112 Å². The Balaban J connectivity index is 1.50. The molecule has 5 aliphatic carbocycles. The van der Waals surface area contributed by atoms with Crippen LogP contribution in [0.3, 0.4) is 0 Å². The number of tetrazole rings is 1. The van der Waals surface area contributed by atoms with E-state index in [1.54, 1.807) is 0 Å². The molecule has 0 radical (unpaired) electrons. The zero-order valence-corrected chi connectivity index (χ0v) is 25.9. The van der Waals surface area contributed by atoms with Crippen molar-refractivity contribution < 1.29 is 15.0 Å². The third kappa shape index (κ3) is 3.60. The van der Waals surface area contributed by atoms with Gasteiger partial charge in [0.1, 0.15) is 5.76 Å². The van der Waals surface area contributed by atoms with Crippen molar-refractivity contribution in [2.75, 3.05) is 6.61 Å². The number of nitrogens with zero attached hydrogens (tertiary/aromatic N) is 5. The molecule has 1 aromatic rings. The van der Waals surface area contributed by atoms with Gasteiger partial charge in [-0.25, -0.2) is 0 Å². The summed E-state index contributed by atoms with van der Waals surface area (Å²) in [5, 5.41) is 44.2. The third-order valence-corrected chi connectivity index (χ3v) is 13.3. The Labute approximate surface area is 244 Å². The molecule has 7 atom stereocenters. The second-order valence-corrected chi connectivity index (χ2v) is 16.1. The molecule has 5 aliphatic rings. The number of fused-ring (bicyclic) bond motifs is 7. The SMILES string of the molecule is CC1(C)CC[C@]2(c3nnn(CCO)n3)CC[C@]3(C)[C@H](C(=O)C=C4[C@@]5(C)CC(C#N)=C(O)C(C)(C)[C@@H]5CC[C@]43C)[C@@H]2C1. The molecule has 3 fully saturated rings. The Morgan fingerprint density at radius 1 is 1.07 bits per heavy atom. The zero-order valence-electron chi connectivity index (χ0n) is 25.9. The first-order valence-electron chi connectivity index (χ1n) is 15.6. The predicted molar refractivity (Wildman–Crippen MR) is 154 cm³/mol. The van der Waals surface area contributed by atoms with Crippen LogP contribution in [-0.4, -0.2) is 42.8 Å². The molecule has 222 valence electrons. The summed E-state index contributed by atoms with van der Waals surface area (Å²) >= 11 is 0. The van der Waals surface area contributed by atoms with Crippen LogP contribution in [0.5, 0.6) is 0 Å². The molecule has 0 amide bonds. The number of carbonyl (C=O) groups excluding carboxylic acids is 1. The summed E-state index contributed by atoms with van der Waals surface area (Å²) in [6.45, 7) is 16.1. The number of rotatable bonds is 3. The molecule has 1 aromatic heterocycles. The van der Waals surface area contributed by atoms with Crippen molar-refractivity contribution in [1.29, 1.82) is 5.26 Å². The highest BCUT2D eigenvalue weighted by molar-refractivity contribution is 5.95. The van der Waals surface area contributed by atoms with Gasteiger partial charge in [0.25, 0.3) is 0 Å². The monoisotopic (exact) mass is 561 g/mol. The minimum Gasteiger partial charge on any atom is -0.511 e.